The van der Waals surface area contributed by atoms with Crippen LogP contribution in [0.3, 0.4) is 0 Å². The second-order valence-electron chi connectivity index (χ2n) is 4.01. The molecule has 1 aliphatic carbocycles. The zero-order valence-electron chi connectivity index (χ0n) is 8.96. The first-order valence-corrected chi connectivity index (χ1v) is 5.18. The molecule has 2 rings (SSSR count). The first-order valence-electron chi connectivity index (χ1n) is 5.18. The number of aromatic nitrogens is 1. The van der Waals surface area contributed by atoms with E-state index >= 15 is 0 Å². The summed E-state index contributed by atoms with van der Waals surface area (Å²) in [5, 5.41) is 22.5. The van der Waals surface area contributed by atoms with Gasteiger partial charge in [0.25, 0.3) is 0 Å². The summed E-state index contributed by atoms with van der Waals surface area (Å²) in [5.74, 6) is 0.476. The van der Waals surface area contributed by atoms with Gasteiger partial charge >= 0.3 is 5.69 Å². The highest BCUT2D eigenvalue weighted by Crippen LogP contribution is 2.23. The largest absolute Gasteiger partial charge is 0.367 e. The number of rotatable bonds is 3. The summed E-state index contributed by atoms with van der Waals surface area (Å²) in [6, 6.07) is 4.96. The van der Waals surface area contributed by atoms with Gasteiger partial charge in [-0.15, -0.1) is 0 Å². The lowest BCUT2D eigenvalue weighted by molar-refractivity contribution is -0.385. The molecule has 17 heavy (non-hydrogen) atoms. The van der Waals surface area contributed by atoms with Gasteiger partial charge in [0.1, 0.15) is 11.9 Å². The second-order valence-corrected chi connectivity index (χ2v) is 4.01. The van der Waals surface area contributed by atoms with E-state index in [0.717, 1.165) is 12.8 Å². The number of hydrogen-bond acceptors (Lipinski definition) is 6. The van der Waals surface area contributed by atoms with Crippen molar-refractivity contribution in [3.8, 4) is 6.07 Å². The van der Waals surface area contributed by atoms with Gasteiger partial charge < -0.3 is 11.1 Å². The molecule has 1 aromatic rings. The summed E-state index contributed by atoms with van der Waals surface area (Å²) >= 11 is 0. The number of nitro groups is 1. The van der Waals surface area contributed by atoms with Gasteiger partial charge in [-0.1, -0.05) is 0 Å². The van der Waals surface area contributed by atoms with Gasteiger partial charge in [0.15, 0.2) is 0 Å². The molecule has 7 heteroatoms. The molecule has 0 radical (unpaired) electrons. The normalized spacial score (nSPS) is 22.4. The van der Waals surface area contributed by atoms with E-state index in [-0.39, 0.29) is 23.5 Å². The van der Waals surface area contributed by atoms with Gasteiger partial charge in [-0.05, 0) is 18.9 Å². The van der Waals surface area contributed by atoms with Crippen molar-refractivity contribution in [1.29, 1.82) is 5.26 Å². The lowest BCUT2D eigenvalue weighted by atomic mass is 9.88. The topological polar surface area (TPSA) is 118 Å². The minimum Gasteiger partial charge on any atom is -0.367 e. The molecular formula is C10H11N5O2. The lowest BCUT2D eigenvalue weighted by Gasteiger charge is -2.33. The van der Waals surface area contributed by atoms with Gasteiger partial charge in [0.2, 0.25) is 5.69 Å². The Bertz CT molecular complexity index is 490. The van der Waals surface area contributed by atoms with E-state index in [1.54, 1.807) is 6.07 Å². The smallest absolute Gasteiger partial charge is 0.305 e. The van der Waals surface area contributed by atoms with E-state index in [9.17, 15) is 10.1 Å². The van der Waals surface area contributed by atoms with Crippen LogP contribution in [0, 0.1) is 21.4 Å². The SMILES string of the molecule is N#Cc1nc(NC2CC(N)C2)ccc1[N+](=O)[O-]. The average Bonchev–Trinajstić information content (AvgIpc) is 2.26. The molecule has 1 aromatic heterocycles. The number of pyridine rings is 1. The molecule has 0 saturated heterocycles. The maximum atomic E-state index is 10.6. The minimum absolute atomic E-state index is 0.177. The zero-order valence-corrected chi connectivity index (χ0v) is 8.96. The molecule has 1 aliphatic rings. The van der Waals surface area contributed by atoms with Crippen LogP contribution in [0.15, 0.2) is 12.1 Å². The summed E-state index contributed by atoms with van der Waals surface area (Å²) in [5.41, 5.74) is 5.19. The third-order valence-electron chi connectivity index (χ3n) is 2.70. The first kappa shape index (κ1) is 11.3. The molecule has 0 amide bonds. The van der Waals surface area contributed by atoms with Crippen LogP contribution in [0.5, 0.6) is 0 Å². The van der Waals surface area contributed by atoms with Crippen LogP contribution in [0.4, 0.5) is 11.5 Å². The highest BCUT2D eigenvalue weighted by molar-refractivity contribution is 5.50. The minimum atomic E-state index is -0.616. The van der Waals surface area contributed by atoms with Crippen molar-refractivity contribution in [2.75, 3.05) is 5.32 Å². The molecule has 0 aliphatic heterocycles. The fraction of sp³-hybridized carbons (Fsp3) is 0.400. The Hall–Kier alpha value is -2.20. The van der Waals surface area contributed by atoms with Crippen LogP contribution in [0.2, 0.25) is 0 Å². The maximum Gasteiger partial charge on any atom is 0.305 e. The Morgan fingerprint density at radius 2 is 2.29 bits per heavy atom. The highest BCUT2D eigenvalue weighted by Gasteiger charge is 2.26. The molecule has 1 saturated carbocycles. The number of anilines is 1. The molecule has 1 heterocycles. The van der Waals surface area contributed by atoms with Crippen molar-refractivity contribution in [2.24, 2.45) is 5.73 Å². The van der Waals surface area contributed by atoms with E-state index in [4.69, 9.17) is 11.0 Å². The Balaban J connectivity index is 2.15. The van der Waals surface area contributed by atoms with Crippen molar-refractivity contribution in [2.45, 2.75) is 24.9 Å². The molecule has 0 bridgehead atoms. The third kappa shape index (κ3) is 2.32. The predicted octanol–water partition coefficient (Wildman–Crippen LogP) is 0.763. The molecule has 88 valence electrons. The molecule has 0 spiro atoms. The van der Waals surface area contributed by atoms with E-state index in [1.807, 2.05) is 0 Å². The summed E-state index contributed by atoms with van der Waals surface area (Å²) in [7, 11) is 0. The predicted molar refractivity (Wildman–Crippen MR) is 60.2 cm³/mol. The zero-order chi connectivity index (χ0) is 12.4. The quantitative estimate of drug-likeness (QED) is 0.587. The Labute approximate surface area is 97.4 Å². The number of nitrogens with two attached hydrogens (primary N) is 1. The molecule has 0 aromatic carbocycles. The highest BCUT2D eigenvalue weighted by atomic mass is 16.6. The summed E-state index contributed by atoms with van der Waals surface area (Å²) in [4.78, 5) is 13.9. The number of nitrogens with one attached hydrogen (secondary N) is 1. The van der Waals surface area contributed by atoms with Crippen molar-refractivity contribution in [3.63, 3.8) is 0 Å². The van der Waals surface area contributed by atoms with E-state index in [1.165, 1.54) is 12.1 Å². The first-order chi connectivity index (χ1) is 8.10. The van der Waals surface area contributed by atoms with Gasteiger partial charge in [0, 0.05) is 18.2 Å². The Morgan fingerprint density at radius 3 is 2.82 bits per heavy atom. The number of hydrogen-bond donors (Lipinski definition) is 2. The Kier molecular flexibility index (Phi) is 2.89. The van der Waals surface area contributed by atoms with Crippen LogP contribution in [0.1, 0.15) is 18.5 Å². The van der Waals surface area contributed by atoms with E-state index in [2.05, 4.69) is 10.3 Å². The van der Waals surface area contributed by atoms with Crippen LogP contribution < -0.4 is 11.1 Å². The van der Waals surface area contributed by atoms with Crippen LogP contribution >= 0.6 is 0 Å². The molecule has 1 fully saturated rings. The molecule has 0 unspecified atom stereocenters. The fourth-order valence-electron chi connectivity index (χ4n) is 1.75. The van der Waals surface area contributed by atoms with Gasteiger partial charge in [-0.25, -0.2) is 4.98 Å². The van der Waals surface area contributed by atoms with Gasteiger partial charge in [-0.3, -0.25) is 10.1 Å². The molecule has 7 nitrogen and oxygen atoms in total. The average molecular weight is 233 g/mol. The van der Waals surface area contributed by atoms with Crippen molar-refractivity contribution >= 4 is 11.5 Å². The monoisotopic (exact) mass is 233 g/mol. The number of nitrogens with zero attached hydrogens (tertiary/aromatic N) is 3. The number of nitriles is 1. The summed E-state index contributed by atoms with van der Waals surface area (Å²) in [6.07, 6.45) is 1.70. The lowest BCUT2D eigenvalue weighted by Crippen LogP contribution is -2.44. The summed E-state index contributed by atoms with van der Waals surface area (Å²) in [6.45, 7) is 0. The standard InChI is InChI=1S/C10H11N5O2/c11-5-8-9(15(16)17)1-2-10(14-8)13-7-3-6(12)4-7/h1-2,6-7H,3-4,12H2,(H,13,14). The van der Waals surface area contributed by atoms with Crippen molar-refractivity contribution in [1.82, 2.24) is 4.98 Å². The Morgan fingerprint density at radius 1 is 1.59 bits per heavy atom. The molecule has 0 atom stereocenters. The van der Waals surface area contributed by atoms with Crippen LogP contribution in [-0.2, 0) is 0 Å². The van der Waals surface area contributed by atoms with E-state index in [0.29, 0.717) is 5.82 Å². The maximum absolute atomic E-state index is 10.6. The second kappa shape index (κ2) is 4.35. The third-order valence-corrected chi connectivity index (χ3v) is 2.70. The fourth-order valence-corrected chi connectivity index (χ4v) is 1.75. The van der Waals surface area contributed by atoms with E-state index < -0.39 is 4.92 Å². The van der Waals surface area contributed by atoms with Gasteiger partial charge in [0.05, 0.1) is 4.92 Å². The van der Waals surface area contributed by atoms with Crippen LogP contribution in [0.25, 0.3) is 0 Å². The van der Waals surface area contributed by atoms with Crippen molar-refractivity contribution in [3.05, 3.63) is 27.9 Å². The summed E-state index contributed by atoms with van der Waals surface area (Å²) < 4.78 is 0. The van der Waals surface area contributed by atoms with Gasteiger partial charge in [-0.2, -0.15) is 5.26 Å². The van der Waals surface area contributed by atoms with Crippen LogP contribution in [-0.4, -0.2) is 22.0 Å². The molecular weight excluding hydrogens is 222 g/mol. The van der Waals surface area contributed by atoms with Crippen molar-refractivity contribution < 1.29 is 4.92 Å². The molecule has 3 N–H and O–H groups in total.